The topological polar surface area (TPSA) is 149 Å². The molecule has 0 unspecified atom stereocenters. The van der Waals surface area contributed by atoms with Gasteiger partial charge in [0.2, 0.25) is 11.8 Å². The van der Waals surface area contributed by atoms with Crippen LogP contribution < -0.4 is 10.6 Å². The Morgan fingerprint density at radius 3 is 1.31 bits per heavy atom. The maximum atomic E-state index is 11.6. The van der Waals surface area contributed by atoms with Crippen molar-refractivity contribution >= 4 is 23.2 Å². The fourth-order valence-corrected chi connectivity index (χ4v) is 2.10. The number of amides is 2. The van der Waals surface area contributed by atoms with E-state index in [2.05, 4.69) is 10.6 Å². The van der Waals surface area contributed by atoms with Gasteiger partial charge in [-0.05, 0) is 24.3 Å². The Balaban J connectivity index is 0.00000392. The Kier molecular flexibility index (Phi) is 14.6. The summed E-state index contributed by atoms with van der Waals surface area (Å²) in [6.45, 7) is 1.23. The summed E-state index contributed by atoms with van der Waals surface area (Å²) in [6.07, 6.45) is 0. The molecule has 160 valence electrons. The Morgan fingerprint density at radius 1 is 0.586 bits per heavy atom. The molecule has 0 heterocycles. The lowest BCUT2D eigenvalue weighted by Gasteiger charge is -2.08. The van der Waals surface area contributed by atoms with Crippen LogP contribution in [0.3, 0.4) is 0 Å². The molecule has 29 heavy (non-hydrogen) atoms. The molecule has 2 amide bonds. The fourth-order valence-electron chi connectivity index (χ4n) is 2.10. The van der Waals surface area contributed by atoms with Crippen LogP contribution >= 0.6 is 0 Å². The Hall–Kier alpha value is -2.82. The summed E-state index contributed by atoms with van der Waals surface area (Å²) >= 11 is 0. The third-order valence-corrected chi connectivity index (χ3v) is 3.33. The maximum absolute atomic E-state index is 11.6. The highest BCUT2D eigenvalue weighted by Crippen LogP contribution is 2.05. The zero-order valence-corrected chi connectivity index (χ0v) is 16.1. The van der Waals surface area contributed by atoms with Gasteiger partial charge in [-0.2, -0.15) is 0 Å². The molecular weight excluding hydrogens is 380 g/mol. The molecule has 9 heteroatoms. The van der Waals surface area contributed by atoms with Crippen LogP contribution in [0.1, 0.15) is 0 Å². The number of rotatable bonds is 12. The average Bonchev–Trinajstić information content (AvgIpc) is 2.68. The Labute approximate surface area is 169 Å². The molecule has 0 aliphatic carbocycles. The standard InChI is InChI=1S/C20H24N2O5.2H2O/c23-19(21-17-7-3-1-4-8-17)15-26-13-11-25-12-14-27-16-20(24)22-18-9-5-2-6-10-18;;/h1-10H,11-16H2,(H,21,23)(H,22,24);2*1H2. The van der Waals surface area contributed by atoms with E-state index in [9.17, 15) is 9.59 Å². The molecule has 2 aromatic rings. The van der Waals surface area contributed by atoms with Gasteiger partial charge in [0.05, 0.1) is 26.4 Å². The number of anilines is 2. The van der Waals surface area contributed by atoms with Crippen LogP contribution in [0.2, 0.25) is 0 Å². The highest BCUT2D eigenvalue weighted by molar-refractivity contribution is 5.92. The third kappa shape index (κ3) is 12.3. The largest absolute Gasteiger partial charge is 0.412 e. The number of carbonyl (C=O) groups is 2. The number of carbonyl (C=O) groups excluding carboxylic acids is 2. The maximum Gasteiger partial charge on any atom is 0.250 e. The SMILES string of the molecule is O.O.O=C(COCCOCCOCC(=O)Nc1ccccc1)Nc1ccccc1. The first-order valence-electron chi connectivity index (χ1n) is 8.67. The summed E-state index contributed by atoms with van der Waals surface area (Å²) in [5.74, 6) is -0.428. The summed E-state index contributed by atoms with van der Waals surface area (Å²) < 4.78 is 15.8. The molecule has 0 aliphatic heterocycles. The van der Waals surface area contributed by atoms with Crippen molar-refractivity contribution in [3.8, 4) is 0 Å². The molecule has 0 saturated heterocycles. The van der Waals surface area contributed by atoms with Gasteiger partial charge in [-0.1, -0.05) is 36.4 Å². The Morgan fingerprint density at radius 2 is 0.931 bits per heavy atom. The molecule has 0 spiro atoms. The van der Waals surface area contributed by atoms with Gasteiger partial charge < -0.3 is 35.8 Å². The molecule has 0 atom stereocenters. The highest BCUT2D eigenvalue weighted by atomic mass is 16.5. The second-order valence-electron chi connectivity index (χ2n) is 5.55. The molecule has 0 saturated carbocycles. The lowest BCUT2D eigenvalue weighted by molar-refractivity contribution is -0.121. The van der Waals surface area contributed by atoms with Gasteiger partial charge in [0.15, 0.2) is 0 Å². The molecule has 6 N–H and O–H groups in total. The zero-order valence-electron chi connectivity index (χ0n) is 16.1. The van der Waals surface area contributed by atoms with Crippen molar-refractivity contribution in [1.29, 1.82) is 0 Å². The zero-order chi connectivity index (χ0) is 19.2. The van der Waals surface area contributed by atoms with E-state index in [-0.39, 0.29) is 36.0 Å². The predicted octanol–water partition coefficient (Wildman–Crippen LogP) is 0.664. The van der Waals surface area contributed by atoms with E-state index in [1.165, 1.54) is 0 Å². The summed E-state index contributed by atoms with van der Waals surface area (Å²) in [6, 6.07) is 18.4. The van der Waals surface area contributed by atoms with E-state index in [1.807, 2.05) is 36.4 Å². The van der Waals surface area contributed by atoms with Crippen LogP contribution in [0.4, 0.5) is 11.4 Å². The van der Waals surface area contributed by atoms with Crippen LogP contribution in [0.25, 0.3) is 0 Å². The van der Waals surface area contributed by atoms with Gasteiger partial charge >= 0.3 is 0 Å². The molecule has 2 rings (SSSR count). The molecule has 0 bridgehead atoms. The van der Waals surface area contributed by atoms with E-state index >= 15 is 0 Å². The number of benzene rings is 2. The predicted molar refractivity (Wildman–Crippen MR) is 110 cm³/mol. The van der Waals surface area contributed by atoms with Gasteiger partial charge in [-0.25, -0.2) is 0 Å². The molecule has 2 aromatic carbocycles. The van der Waals surface area contributed by atoms with Crippen LogP contribution in [0.15, 0.2) is 60.7 Å². The quantitative estimate of drug-likeness (QED) is 0.495. The van der Waals surface area contributed by atoms with E-state index in [0.717, 1.165) is 11.4 Å². The number of hydrogen-bond acceptors (Lipinski definition) is 5. The van der Waals surface area contributed by atoms with Crippen molar-refractivity contribution in [1.82, 2.24) is 0 Å². The smallest absolute Gasteiger partial charge is 0.250 e. The molecule has 0 aliphatic rings. The summed E-state index contributed by atoms with van der Waals surface area (Å²) in [5, 5.41) is 5.45. The van der Waals surface area contributed by atoms with Gasteiger partial charge in [-0.15, -0.1) is 0 Å². The van der Waals surface area contributed by atoms with E-state index in [0.29, 0.717) is 26.4 Å². The monoisotopic (exact) mass is 408 g/mol. The number of nitrogens with one attached hydrogen (secondary N) is 2. The normalized spacial score (nSPS) is 9.66. The average molecular weight is 408 g/mol. The van der Waals surface area contributed by atoms with Crippen molar-refractivity contribution in [3.05, 3.63) is 60.7 Å². The first-order valence-corrected chi connectivity index (χ1v) is 8.67. The minimum atomic E-state index is -0.214. The molecule has 9 nitrogen and oxygen atoms in total. The van der Waals surface area contributed by atoms with Gasteiger partial charge in [0.1, 0.15) is 13.2 Å². The van der Waals surface area contributed by atoms with Crippen LogP contribution in [0.5, 0.6) is 0 Å². The molecule has 0 fully saturated rings. The van der Waals surface area contributed by atoms with Crippen LogP contribution in [0, 0.1) is 0 Å². The lowest BCUT2D eigenvalue weighted by atomic mass is 10.3. The van der Waals surface area contributed by atoms with Crippen molar-refractivity contribution in [3.63, 3.8) is 0 Å². The van der Waals surface area contributed by atoms with Crippen molar-refractivity contribution in [2.45, 2.75) is 0 Å². The van der Waals surface area contributed by atoms with Crippen molar-refractivity contribution in [2.75, 3.05) is 50.3 Å². The van der Waals surface area contributed by atoms with Gasteiger partial charge in [-0.3, -0.25) is 9.59 Å². The third-order valence-electron chi connectivity index (χ3n) is 3.33. The van der Waals surface area contributed by atoms with E-state index in [4.69, 9.17) is 14.2 Å². The molecular formula is C20H28N2O7. The van der Waals surface area contributed by atoms with Gasteiger partial charge in [0.25, 0.3) is 0 Å². The second kappa shape index (κ2) is 16.2. The summed E-state index contributed by atoms with van der Waals surface area (Å²) in [7, 11) is 0. The number of hydrogen-bond donors (Lipinski definition) is 2. The van der Waals surface area contributed by atoms with E-state index < -0.39 is 0 Å². The summed E-state index contributed by atoms with van der Waals surface area (Å²) in [4.78, 5) is 23.3. The van der Waals surface area contributed by atoms with Gasteiger partial charge in [0, 0.05) is 11.4 Å². The Bertz CT molecular complexity index is 624. The summed E-state index contributed by atoms with van der Waals surface area (Å²) in [5.41, 5.74) is 1.46. The molecule has 0 aromatic heterocycles. The lowest BCUT2D eigenvalue weighted by Crippen LogP contribution is -2.21. The number of para-hydroxylation sites is 2. The minimum absolute atomic E-state index is 0. The van der Waals surface area contributed by atoms with Crippen molar-refractivity contribution < 1.29 is 34.8 Å². The van der Waals surface area contributed by atoms with Crippen molar-refractivity contribution in [2.24, 2.45) is 0 Å². The fraction of sp³-hybridized carbons (Fsp3) is 0.300. The first-order chi connectivity index (χ1) is 13.2. The molecule has 0 radical (unpaired) electrons. The highest BCUT2D eigenvalue weighted by Gasteiger charge is 2.03. The minimum Gasteiger partial charge on any atom is -0.412 e. The van der Waals surface area contributed by atoms with E-state index in [1.54, 1.807) is 24.3 Å². The first kappa shape index (κ1) is 26.2. The second-order valence-corrected chi connectivity index (χ2v) is 5.55. The van der Waals surface area contributed by atoms with Crippen LogP contribution in [-0.2, 0) is 23.8 Å². The van der Waals surface area contributed by atoms with Crippen LogP contribution in [-0.4, -0.2) is 62.4 Å². The number of ether oxygens (including phenoxy) is 3.